The Morgan fingerprint density at radius 1 is 1.35 bits per heavy atom. The number of nitrogens with zero attached hydrogens (tertiary/aromatic N) is 2. The number of hydrazone groups is 1. The molecule has 23 heavy (non-hydrogen) atoms. The van der Waals surface area contributed by atoms with Crippen molar-refractivity contribution in [2.75, 3.05) is 7.11 Å². The van der Waals surface area contributed by atoms with Gasteiger partial charge in [-0.25, -0.2) is 5.43 Å². The summed E-state index contributed by atoms with van der Waals surface area (Å²) in [5.74, 6) is -0.752. The molecule has 1 amide bonds. The number of hydrogen-bond donors (Lipinski definition) is 2. The Hall–Kier alpha value is -3.42. The molecule has 0 saturated heterocycles. The summed E-state index contributed by atoms with van der Waals surface area (Å²) < 4.78 is 4.82. The lowest BCUT2D eigenvalue weighted by atomic mass is 10.1. The number of nitro groups is 1. The monoisotopic (exact) mass is 315 g/mol. The van der Waals surface area contributed by atoms with Gasteiger partial charge in [0.25, 0.3) is 11.6 Å². The predicted molar refractivity (Wildman–Crippen MR) is 82.8 cm³/mol. The van der Waals surface area contributed by atoms with E-state index in [0.717, 1.165) is 18.3 Å². The molecule has 0 aliphatic heterocycles. The van der Waals surface area contributed by atoms with E-state index < -0.39 is 10.8 Å². The fourth-order valence-corrected chi connectivity index (χ4v) is 1.81. The number of carbonyl (C=O) groups is 1. The molecule has 0 aliphatic carbocycles. The maximum absolute atomic E-state index is 11.8. The van der Waals surface area contributed by atoms with Crippen molar-refractivity contribution < 1.29 is 19.6 Å². The molecule has 0 heterocycles. The number of nitro benzene ring substituents is 1. The van der Waals surface area contributed by atoms with Gasteiger partial charge in [0.2, 0.25) is 0 Å². The van der Waals surface area contributed by atoms with E-state index in [9.17, 15) is 20.0 Å². The molecule has 0 saturated carbocycles. The molecule has 0 radical (unpaired) electrons. The molecule has 2 aromatic rings. The summed E-state index contributed by atoms with van der Waals surface area (Å²) in [7, 11) is 1.28. The summed E-state index contributed by atoms with van der Waals surface area (Å²) >= 11 is 0. The van der Waals surface area contributed by atoms with E-state index in [4.69, 9.17) is 4.74 Å². The molecular weight excluding hydrogens is 302 g/mol. The van der Waals surface area contributed by atoms with Crippen LogP contribution < -0.4 is 10.2 Å². The highest BCUT2D eigenvalue weighted by molar-refractivity contribution is 5.95. The average molecular weight is 315 g/mol. The van der Waals surface area contributed by atoms with Crippen LogP contribution in [0.3, 0.4) is 0 Å². The van der Waals surface area contributed by atoms with Crippen molar-refractivity contribution in [3.8, 4) is 11.5 Å². The van der Waals surface area contributed by atoms with E-state index in [1.54, 1.807) is 30.3 Å². The second kappa shape index (κ2) is 7.03. The zero-order valence-corrected chi connectivity index (χ0v) is 12.1. The zero-order chi connectivity index (χ0) is 16.8. The molecule has 0 aromatic heterocycles. The van der Waals surface area contributed by atoms with E-state index in [2.05, 4.69) is 10.5 Å². The Labute approximate surface area is 131 Å². The van der Waals surface area contributed by atoms with Crippen molar-refractivity contribution in [3.63, 3.8) is 0 Å². The molecule has 2 rings (SSSR count). The smallest absolute Gasteiger partial charge is 0.282 e. The number of carbonyl (C=O) groups excluding carboxylic acids is 1. The second-order valence-corrected chi connectivity index (χ2v) is 4.41. The first-order valence-corrected chi connectivity index (χ1v) is 6.46. The third-order valence-corrected chi connectivity index (χ3v) is 2.93. The molecule has 0 atom stereocenters. The molecular formula is C15H13N3O5. The zero-order valence-electron chi connectivity index (χ0n) is 12.1. The Morgan fingerprint density at radius 3 is 2.65 bits per heavy atom. The third kappa shape index (κ3) is 3.82. The number of nitrogens with one attached hydrogen (secondary N) is 1. The van der Waals surface area contributed by atoms with E-state index in [-0.39, 0.29) is 22.7 Å². The molecule has 0 spiro atoms. The maximum Gasteiger partial charge on any atom is 0.282 e. The van der Waals surface area contributed by atoms with Gasteiger partial charge in [-0.1, -0.05) is 18.2 Å². The molecule has 8 nitrogen and oxygen atoms in total. The van der Waals surface area contributed by atoms with E-state index >= 15 is 0 Å². The van der Waals surface area contributed by atoms with Gasteiger partial charge in [0, 0.05) is 5.56 Å². The number of methoxy groups -OCH3 is 1. The molecule has 2 N–H and O–H groups in total. The Morgan fingerprint density at radius 2 is 2.04 bits per heavy atom. The minimum absolute atomic E-state index is 0.0258. The number of ether oxygens (including phenoxy) is 1. The van der Waals surface area contributed by atoms with Gasteiger partial charge in [0.15, 0.2) is 11.5 Å². The molecule has 8 heteroatoms. The lowest BCUT2D eigenvalue weighted by molar-refractivity contribution is -0.385. The van der Waals surface area contributed by atoms with Crippen LogP contribution in [0.25, 0.3) is 0 Å². The van der Waals surface area contributed by atoms with Crippen LogP contribution in [0.4, 0.5) is 5.69 Å². The Bertz CT molecular complexity index is 759. The number of hydrogen-bond acceptors (Lipinski definition) is 6. The molecule has 2 aromatic carbocycles. The topological polar surface area (TPSA) is 114 Å². The fraction of sp³-hybridized carbons (Fsp3) is 0.0667. The molecule has 0 bridgehead atoms. The van der Waals surface area contributed by atoms with Gasteiger partial charge in [-0.15, -0.1) is 0 Å². The van der Waals surface area contributed by atoms with E-state index in [0.29, 0.717) is 5.56 Å². The highest BCUT2D eigenvalue weighted by Crippen LogP contribution is 2.32. The maximum atomic E-state index is 11.8. The van der Waals surface area contributed by atoms with Crippen LogP contribution in [0.5, 0.6) is 11.5 Å². The molecule has 118 valence electrons. The van der Waals surface area contributed by atoms with Gasteiger partial charge in [0.05, 0.1) is 29.9 Å². The Balaban J connectivity index is 2.20. The van der Waals surface area contributed by atoms with Crippen LogP contribution in [0.15, 0.2) is 47.6 Å². The van der Waals surface area contributed by atoms with Crippen LogP contribution >= 0.6 is 0 Å². The lowest BCUT2D eigenvalue weighted by Crippen LogP contribution is -2.17. The van der Waals surface area contributed by atoms with Crippen molar-refractivity contribution in [1.82, 2.24) is 5.43 Å². The van der Waals surface area contributed by atoms with Crippen LogP contribution in [0, 0.1) is 10.1 Å². The first-order chi connectivity index (χ1) is 11.0. The standard InChI is InChI=1S/C15H13N3O5/c1-23-14-8-12(18(21)22)11(7-13(14)19)9-16-17-15(20)10-5-3-2-4-6-10/h2-9,19H,1H3,(H,17,20)/b16-9+. The summed E-state index contributed by atoms with van der Waals surface area (Å²) in [5.41, 5.74) is 2.38. The summed E-state index contributed by atoms with van der Waals surface area (Å²) in [5, 5.41) is 24.4. The van der Waals surface area contributed by atoms with Crippen LogP contribution in [-0.4, -0.2) is 29.3 Å². The summed E-state index contributed by atoms with van der Waals surface area (Å²) in [6.07, 6.45) is 1.08. The Kier molecular flexibility index (Phi) is 4.88. The number of aromatic hydroxyl groups is 1. The van der Waals surface area contributed by atoms with Gasteiger partial charge in [-0.05, 0) is 18.2 Å². The summed E-state index contributed by atoms with van der Waals surface area (Å²) in [4.78, 5) is 22.2. The molecule has 0 unspecified atom stereocenters. The first-order valence-electron chi connectivity index (χ1n) is 6.46. The predicted octanol–water partition coefficient (Wildman–Crippen LogP) is 2.07. The van der Waals surface area contributed by atoms with Crippen molar-refractivity contribution in [1.29, 1.82) is 0 Å². The largest absolute Gasteiger partial charge is 0.504 e. The van der Waals surface area contributed by atoms with Gasteiger partial charge < -0.3 is 9.84 Å². The highest BCUT2D eigenvalue weighted by Gasteiger charge is 2.17. The summed E-state index contributed by atoms with van der Waals surface area (Å²) in [6, 6.07) is 10.6. The third-order valence-electron chi connectivity index (χ3n) is 2.93. The van der Waals surface area contributed by atoms with Crippen molar-refractivity contribution in [3.05, 3.63) is 63.7 Å². The number of benzene rings is 2. The van der Waals surface area contributed by atoms with Crippen LogP contribution in [-0.2, 0) is 0 Å². The van der Waals surface area contributed by atoms with E-state index in [1.807, 2.05) is 0 Å². The molecule has 0 fully saturated rings. The number of amides is 1. The second-order valence-electron chi connectivity index (χ2n) is 4.41. The van der Waals surface area contributed by atoms with Crippen molar-refractivity contribution >= 4 is 17.8 Å². The molecule has 0 aliphatic rings. The van der Waals surface area contributed by atoms with Gasteiger partial charge in [-0.2, -0.15) is 5.10 Å². The fourth-order valence-electron chi connectivity index (χ4n) is 1.81. The van der Waals surface area contributed by atoms with Gasteiger partial charge >= 0.3 is 0 Å². The quantitative estimate of drug-likeness (QED) is 0.498. The SMILES string of the molecule is COc1cc([N+](=O)[O-])c(/C=N/NC(=O)c2ccccc2)cc1O. The normalized spacial score (nSPS) is 10.5. The first kappa shape index (κ1) is 16.0. The van der Waals surface area contributed by atoms with Crippen molar-refractivity contribution in [2.24, 2.45) is 5.10 Å². The van der Waals surface area contributed by atoms with Crippen LogP contribution in [0.2, 0.25) is 0 Å². The summed E-state index contributed by atoms with van der Waals surface area (Å²) in [6.45, 7) is 0. The minimum atomic E-state index is -0.637. The number of rotatable bonds is 5. The highest BCUT2D eigenvalue weighted by atomic mass is 16.6. The van der Waals surface area contributed by atoms with E-state index in [1.165, 1.54) is 7.11 Å². The van der Waals surface area contributed by atoms with Gasteiger partial charge in [0.1, 0.15) is 0 Å². The minimum Gasteiger partial charge on any atom is -0.504 e. The number of phenols is 1. The van der Waals surface area contributed by atoms with Crippen LogP contribution in [0.1, 0.15) is 15.9 Å². The number of phenolic OH excluding ortho intramolecular Hbond substituents is 1. The average Bonchev–Trinajstić information content (AvgIpc) is 2.55. The van der Waals surface area contributed by atoms with Crippen molar-refractivity contribution in [2.45, 2.75) is 0 Å². The lowest BCUT2D eigenvalue weighted by Gasteiger charge is -2.05. The van der Waals surface area contributed by atoms with Gasteiger partial charge in [-0.3, -0.25) is 14.9 Å².